The molecule has 1 aromatic heterocycles. The Morgan fingerprint density at radius 3 is 1.25 bits per heavy atom. The third kappa shape index (κ3) is 3.40. The lowest BCUT2D eigenvalue weighted by atomic mass is 9.82. The topological polar surface area (TPSA) is 38.7 Å². The van der Waals surface area contributed by atoms with Gasteiger partial charge in [-0.05, 0) is 44.5 Å². The van der Waals surface area contributed by atoms with Gasteiger partial charge in [-0.3, -0.25) is 0 Å². The van der Waals surface area contributed by atoms with Gasteiger partial charge in [0, 0.05) is 27.4 Å². The summed E-state index contributed by atoms with van der Waals surface area (Å²) in [5.41, 5.74) is 12.1. The minimum absolute atomic E-state index is 0.0831. The van der Waals surface area contributed by atoms with Crippen molar-refractivity contribution in [2.45, 2.75) is 64.7 Å². The Morgan fingerprint density at radius 1 is 0.450 bits per heavy atom. The largest absolute Gasteiger partial charge is 0.212 e. The molecule has 0 radical (unpaired) electrons. The number of aromatic nitrogens is 3. The van der Waals surface area contributed by atoms with Crippen LogP contribution in [0, 0.1) is 0 Å². The van der Waals surface area contributed by atoms with Crippen molar-refractivity contribution in [2.75, 3.05) is 0 Å². The smallest absolute Gasteiger partial charge is 0.164 e. The van der Waals surface area contributed by atoms with Gasteiger partial charge in [0.15, 0.2) is 11.6 Å². The fourth-order valence-electron chi connectivity index (χ4n) is 6.83. The summed E-state index contributed by atoms with van der Waals surface area (Å²) in [4.78, 5) is 15.5. The molecule has 2 aliphatic carbocycles. The first-order valence-electron chi connectivity index (χ1n) is 14.2. The van der Waals surface area contributed by atoms with Gasteiger partial charge in [0.05, 0.1) is 0 Å². The van der Waals surface area contributed by atoms with Crippen LogP contribution in [0.4, 0.5) is 0 Å². The van der Waals surface area contributed by atoms with Gasteiger partial charge in [-0.25, -0.2) is 15.0 Å². The molecule has 5 aromatic rings. The lowest BCUT2D eigenvalue weighted by molar-refractivity contribution is 0.543. The fraction of sp³-hybridized carbons (Fsp3) is 0.270. The number of nitrogens with zero attached hydrogens (tertiary/aromatic N) is 3. The predicted octanol–water partition coefficient (Wildman–Crippen LogP) is 9.12. The highest BCUT2D eigenvalue weighted by atomic mass is 15.0. The quantitative estimate of drug-likeness (QED) is 0.232. The van der Waals surface area contributed by atoms with Crippen LogP contribution in [0.1, 0.15) is 76.5 Å². The van der Waals surface area contributed by atoms with Crippen molar-refractivity contribution >= 4 is 0 Å². The zero-order chi connectivity index (χ0) is 28.0. The van der Waals surface area contributed by atoms with Crippen LogP contribution < -0.4 is 0 Å². The molecule has 0 bridgehead atoms. The minimum Gasteiger partial charge on any atom is -0.212 e. The molecule has 4 aromatic carbocycles. The maximum atomic E-state index is 5.26. The van der Waals surface area contributed by atoms with Crippen LogP contribution in [-0.2, 0) is 16.2 Å². The Balaban J connectivity index is 1.52. The highest BCUT2D eigenvalue weighted by Gasteiger charge is 2.39. The summed E-state index contributed by atoms with van der Waals surface area (Å²) >= 11 is 0. The Bertz CT molecular complexity index is 1710. The molecule has 0 saturated heterocycles. The van der Waals surface area contributed by atoms with Crippen LogP contribution in [0.2, 0.25) is 0 Å². The molecule has 2 aliphatic rings. The van der Waals surface area contributed by atoms with Gasteiger partial charge in [-0.2, -0.15) is 0 Å². The van der Waals surface area contributed by atoms with Crippen LogP contribution in [0.15, 0.2) is 84.9 Å². The average Bonchev–Trinajstić information content (AvgIpc) is 3.33. The fourth-order valence-corrected chi connectivity index (χ4v) is 6.83. The summed E-state index contributed by atoms with van der Waals surface area (Å²) in [5.74, 6) is 2.28. The van der Waals surface area contributed by atoms with Crippen molar-refractivity contribution in [3.05, 3.63) is 113 Å². The van der Waals surface area contributed by atoms with Crippen LogP contribution in [0.5, 0.6) is 0 Å². The zero-order valence-electron chi connectivity index (χ0n) is 24.4. The molecule has 0 amide bonds. The molecule has 40 heavy (non-hydrogen) atoms. The normalized spacial score (nSPS) is 15.8. The van der Waals surface area contributed by atoms with E-state index in [0.29, 0.717) is 0 Å². The van der Waals surface area contributed by atoms with Gasteiger partial charge in [0.2, 0.25) is 0 Å². The van der Waals surface area contributed by atoms with Crippen molar-refractivity contribution in [2.24, 2.45) is 0 Å². The number of benzene rings is 4. The van der Waals surface area contributed by atoms with Gasteiger partial charge in [-0.1, -0.05) is 133 Å². The van der Waals surface area contributed by atoms with E-state index in [1.165, 1.54) is 44.5 Å². The number of hydrogen-bond acceptors (Lipinski definition) is 3. The van der Waals surface area contributed by atoms with E-state index in [2.05, 4.69) is 133 Å². The molecule has 198 valence electrons. The van der Waals surface area contributed by atoms with Crippen LogP contribution >= 0.6 is 0 Å². The number of fused-ring (bicyclic) bond motifs is 6. The summed E-state index contributed by atoms with van der Waals surface area (Å²) in [5, 5.41) is 0. The van der Waals surface area contributed by atoms with Crippen molar-refractivity contribution in [3.8, 4) is 45.0 Å². The molecule has 0 unspecified atom stereocenters. The predicted molar refractivity (Wildman–Crippen MR) is 165 cm³/mol. The Kier molecular flexibility index (Phi) is 5.11. The Morgan fingerprint density at radius 2 is 0.825 bits per heavy atom. The van der Waals surface area contributed by atoms with E-state index in [1.54, 1.807) is 0 Å². The molecule has 0 aliphatic heterocycles. The third-order valence-corrected chi connectivity index (χ3v) is 9.00. The summed E-state index contributed by atoms with van der Waals surface area (Å²) in [7, 11) is 0. The van der Waals surface area contributed by atoms with E-state index in [1.807, 2.05) is 0 Å². The summed E-state index contributed by atoms with van der Waals surface area (Å²) in [6, 6.07) is 30.7. The molecule has 0 spiro atoms. The van der Waals surface area contributed by atoms with Crippen molar-refractivity contribution in [3.63, 3.8) is 0 Å². The van der Waals surface area contributed by atoms with E-state index in [-0.39, 0.29) is 16.2 Å². The SMILES string of the molecule is CC(C)(C)c1nc(-c2cccc3c2-c2ccccc2C3(C)C)nc(-c2cccc3c2-c2ccccc2C3(C)C)n1. The summed E-state index contributed by atoms with van der Waals surface area (Å²) in [6.07, 6.45) is 0. The molecule has 3 nitrogen and oxygen atoms in total. The highest BCUT2D eigenvalue weighted by Crippen LogP contribution is 2.53. The molecular weight excluding hydrogens is 486 g/mol. The van der Waals surface area contributed by atoms with Crippen molar-refractivity contribution in [1.82, 2.24) is 15.0 Å². The minimum atomic E-state index is -0.239. The van der Waals surface area contributed by atoms with E-state index in [9.17, 15) is 0 Å². The molecule has 3 heteroatoms. The molecule has 0 saturated carbocycles. The van der Waals surface area contributed by atoms with Crippen molar-refractivity contribution in [1.29, 1.82) is 0 Å². The second-order valence-corrected chi connectivity index (χ2v) is 13.4. The average molecular weight is 522 g/mol. The number of hydrogen-bond donors (Lipinski definition) is 0. The maximum absolute atomic E-state index is 5.26. The standard InChI is InChI=1S/C37H35N3/c1-35(2,3)34-39-32(24-16-12-20-28-30(24)22-14-8-10-18-26(22)36(28,4)5)38-33(40-34)25-17-13-21-29-31(25)23-15-9-11-19-27(23)37(29,6)7/h8-21H,1-7H3. The molecular formula is C37H35N3. The monoisotopic (exact) mass is 521 g/mol. The van der Waals surface area contributed by atoms with Crippen LogP contribution in [0.25, 0.3) is 45.0 Å². The third-order valence-electron chi connectivity index (χ3n) is 9.00. The second-order valence-electron chi connectivity index (χ2n) is 13.4. The van der Waals surface area contributed by atoms with Gasteiger partial charge in [0.25, 0.3) is 0 Å². The van der Waals surface area contributed by atoms with Crippen LogP contribution in [-0.4, -0.2) is 15.0 Å². The zero-order valence-corrected chi connectivity index (χ0v) is 24.4. The van der Waals surface area contributed by atoms with E-state index >= 15 is 0 Å². The van der Waals surface area contributed by atoms with Gasteiger partial charge >= 0.3 is 0 Å². The Labute approximate surface area is 237 Å². The van der Waals surface area contributed by atoms with E-state index in [4.69, 9.17) is 15.0 Å². The molecule has 0 fully saturated rings. The van der Waals surface area contributed by atoms with Crippen LogP contribution in [0.3, 0.4) is 0 Å². The second kappa shape index (κ2) is 8.20. The van der Waals surface area contributed by atoms with Gasteiger partial charge in [-0.15, -0.1) is 0 Å². The molecule has 7 rings (SSSR count). The first kappa shape index (κ1) is 24.9. The first-order chi connectivity index (χ1) is 19.0. The molecule has 1 heterocycles. The van der Waals surface area contributed by atoms with E-state index < -0.39 is 0 Å². The lowest BCUT2D eigenvalue weighted by Gasteiger charge is -2.22. The number of rotatable bonds is 2. The molecule has 0 N–H and O–H groups in total. The van der Waals surface area contributed by atoms with Gasteiger partial charge < -0.3 is 0 Å². The maximum Gasteiger partial charge on any atom is 0.164 e. The van der Waals surface area contributed by atoms with E-state index in [0.717, 1.165) is 28.6 Å². The lowest BCUT2D eigenvalue weighted by Crippen LogP contribution is -2.18. The first-order valence-corrected chi connectivity index (χ1v) is 14.2. The summed E-state index contributed by atoms with van der Waals surface area (Å²) in [6.45, 7) is 15.8. The molecule has 0 atom stereocenters. The summed E-state index contributed by atoms with van der Waals surface area (Å²) < 4.78 is 0. The van der Waals surface area contributed by atoms with Crippen molar-refractivity contribution < 1.29 is 0 Å². The highest BCUT2D eigenvalue weighted by molar-refractivity contribution is 5.93. The van der Waals surface area contributed by atoms with Gasteiger partial charge in [0.1, 0.15) is 5.82 Å². The Hall–Kier alpha value is -4.11.